The Balaban J connectivity index is 1.72. The van der Waals surface area contributed by atoms with Crippen molar-refractivity contribution in [2.75, 3.05) is 12.4 Å². The van der Waals surface area contributed by atoms with E-state index in [1.165, 1.54) is 12.1 Å². The summed E-state index contributed by atoms with van der Waals surface area (Å²) in [7, 11) is 1.63. The van der Waals surface area contributed by atoms with E-state index in [0.29, 0.717) is 23.2 Å². The highest BCUT2D eigenvalue weighted by molar-refractivity contribution is 6.10. The van der Waals surface area contributed by atoms with Gasteiger partial charge in [0.15, 0.2) is 0 Å². The molecule has 2 heterocycles. The fourth-order valence-corrected chi connectivity index (χ4v) is 2.89. The number of pyridine rings is 1. The van der Waals surface area contributed by atoms with Gasteiger partial charge in [-0.25, -0.2) is 4.98 Å². The minimum Gasteiger partial charge on any atom is -0.497 e. The molecule has 0 unspecified atom stereocenters. The maximum atomic E-state index is 11.1. The lowest BCUT2D eigenvalue weighted by Crippen LogP contribution is -2.00. The molecule has 0 saturated carbocycles. The van der Waals surface area contributed by atoms with Crippen molar-refractivity contribution in [1.29, 1.82) is 0 Å². The van der Waals surface area contributed by atoms with Gasteiger partial charge in [0.05, 0.1) is 17.4 Å². The van der Waals surface area contributed by atoms with Gasteiger partial charge in [0.2, 0.25) is 5.71 Å². The average Bonchev–Trinajstić information content (AvgIpc) is 3.05. The second kappa shape index (κ2) is 6.36. The zero-order valence-corrected chi connectivity index (χ0v) is 13.9. The summed E-state index contributed by atoms with van der Waals surface area (Å²) in [6.45, 7) is 0.588. The molecule has 0 aliphatic heterocycles. The molecule has 2 aromatic carbocycles. The van der Waals surface area contributed by atoms with Crippen LogP contribution in [0.25, 0.3) is 22.1 Å². The Morgan fingerprint density at radius 2 is 2.00 bits per heavy atom. The van der Waals surface area contributed by atoms with Gasteiger partial charge in [0.25, 0.3) is 5.69 Å². The molecule has 0 atom stereocenters. The standard InChI is InChI=1S/C19H15N3O4/c1-25-14-5-2-12(3-6-14)11-21-16-8-9-20-19-18(16)15-10-13(22(23)24)4-7-17(15)26-19/h2-10H,11H2,1H3,(H,20,21). The molecule has 0 amide bonds. The molecule has 26 heavy (non-hydrogen) atoms. The van der Waals surface area contributed by atoms with E-state index in [4.69, 9.17) is 9.15 Å². The molecule has 0 radical (unpaired) electrons. The van der Waals surface area contributed by atoms with E-state index in [1.807, 2.05) is 30.3 Å². The van der Waals surface area contributed by atoms with Gasteiger partial charge in [-0.3, -0.25) is 10.1 Å². The molecule has 4 rings (SSSR count). The van der Waals surface area contributed by atoms with Crippen LogP contribution < -0.4 is 10.1 Å². The summed E-state index contributed by atoms with van der Waals surface area (Å²) >= 11 is 0. The lowest BCUT2D eigenvalue weighted by Gasteiger charge is -2.08. The third kappa shape index (κ3) is 2.79. The van der Waals surface area contributed by atoms with Crippen molar-refractivity contribution < 1.29 is 14.1 Å². The number of fused-ring (bicyclic) bond motifs is 3. The zero-order chi connectivity index (χ0) is 18.1. The number of methoxy groups -OCH3 is 1. The van der Waals surface area contributed by atoms with Crippen molar-refractivity contribution in [3.8, 4) is 5.75 Å². The van der Waals surface area contributed by atoms with E-state index in [0.717, 1.165) is 22.4 Å². The van der Waals surface area contributed by atoms with Crippen LogP contribution in [0.15, 0.2) is 59.1 Å². The topological polar surface area (TPSA) is 90.4 Å². The molecule has 0 spiro atoms. The Labute approximate surface area is 148 Å². The van der Waals surface area contributed by atoms with Crippen molar-refractivity contribution in [3.05, 3.63) is 70.4 Å². The number of rotatable bonds is 5. The molecule has 1 N–H and O–H groups in total. The maximum Gasteiger partial charge on any atom is 0.270 e. The Hall–Kier alpha value is -3.61. The fraction of sp³-hybridized carbons (Fsp3) is 0.105. The summed E-state index contributed by atoms with van der Waals surface area (Å²) in [5.41, 5.74) is 2.92. The van der Waals surface area contributed by atoms with Crippen LogP contribution >= 0.6 is 0 Å². The monoisotopic (exact) mass is 349 g/mol. The van der Waals surface area contributed by atoms with Crippen LogP contribution in [-0.4, -0.2) is 17.0 Å². The van der Waals surface area contributed by atoms with E-state index in [-0.39, 0.29) is 5.69 Å². The second-order valence-corrected chi connectivity index (χ2v) is 5.78. The molecule has 0 aliphatic rings. The van der Waals surface area contributed by atoms with Gasteiger partial charge in [-0.05, 0) is 29.8 Å². The van der Waals surface area contributed by atoms with E-state index in [9.17, 15) is 10.1 Å². The van der Waals surface area contributed by atoms with Gasteiger partial charge in [0, 0.05) is 35.9 Å². The maximum absolute atomic E-state index is 11.1. The first-order valence-electron chi connectivity index (χ1n) is 7.98. The van der Waals surface area contributed by atoms with Gasteiger partial charge >= 0.3 is 0 Å². The van der Waals surface area contributed by atoms with Crippen LogP contribution in [0.1, 0.15) is 5.56 Å². The predicted molar refractivity (Wildman–Crippen MR) is 98.5 cm³/mol. The van der Waals surface area contributed by atoms with Crippen LogP contribution in [0.5, 0.6) is 5.75 Å². The molecule has 0 bridgehead atoms. The Morgan fingerprint density at radius 1 is 1.19 bits per heavy atom. The van der Waals surface area contributed by atoms with Gasteiger partial charge in [-0.2, -0.15) is 0 Å². The summed E-state index contributed by atoms with van der Waals surface area (Å²) in [4.78, 5) is 14.9. The molecule has 130 valence electrons. The number of ether oxygens (including phenoxy) is 1. The largest absolute Gasteiger partial charge is 0.497 e. The summed E-state index contributed by atoms with van der Waals surface area (Å²) < 4.78 is 10.9. The first-order chi connectivity index (χ1) is 12.7. The highest BCUT2D eigenvalue weighted by Crippen LogP contribution is 2.35. The van der Waals surface area contributed by atoms with E-state index < -0.39 is 4.92 Å². The quantitative estimate of drug-likeness (QED) is 0.421. The van der Waals surface area contributed by atoms with Crippen LogP contribution in [0.2, 0.25) is 0 Å². The third-order valence-corrected chi connectivity index (χ3v) is 4.21. The number of aromatic nitrogens is 1. The van der Waals surface area contributed by atoms with Crippen LogP contribution in [0.4, 0.5) is 11.4 Å². The molecule has 7 nitrogen and oxygen atoms in total. The normalized spacial score (nSPS) is 11.0. The van der Waals surface area contributed by atoms with Crippen molar-refractivity contribution in [2.24, 2.45) is 0 Å². The number of nitro groups is 1. The number of furan rings is 1. The molecule has 0 fully saturated rings. The van der Waals surface area contributed by atoms with Gasteiger partial charge in [-0.1, -0.05) is 12.1 Å². The Morgan fingerprint density at radius 3 is 2.73 bits per heavy atom. The van der Waals surface area contributed by atoms with Crippen LogP contribution in [-0.2, 0) is 6.54 Å². The lowest BCUT2D eigenvalue weighted by atomic mass is 10.1. The number of non-ortho nitro benzene ring substituents is 1. The molecule has 4 aromatic rings. The number of nitrogens with one attached hydrogen (secondary N) is 1. The van der Waals surface area contributed by atoms with Crippen molar-refractivity contribution >= 4 is 33.4 Å². The lowest BCUT2D eigenvalue weighted by molar-refractivity contribution is -0.384. The van der Waals surface area contributed by atoms with Crippen molar-refractivity contribution in [3.63, 3.8) is 0 Å². The summed E-state index contributed by atoms with van der Waals surface area (Å²) in [5, 5.41) is 15.8. The summed E-state index contributed by atoms with van der Waals surface area (Å²) in [5.74, 6) is 0.799. The van der Waals surface area contributed by atoms with Crippen molar-refractivity contribution in [2.45, 2.75) is 6.54 Å². The smallest absolute Gasteiger partial charge is 0.270 e. The van der Waals surface area contributed by atoms with E-state index in [2.05, 4.69) is 10.3 Å². The molecule has 0 saturated heterocycles. The number of benzene rings is 2. The third-order valence-electron chi connectivity index (χ3n) is 4.21. The SMILES string of the molecule is COc1ccc(CNc2ccnc3oc4ccc([N+](=O)[O-])cc4c23)cc1. The predicted octanol–water partition coefficient (Wildman–Crippen LogP) is 4.51. The summed E-state index contributed by atoms with van der Waals surface area (Å²) in [6.07, 6.45) is 1.65. The first kappa shape index (κ1) is 15.9. The fourth-order valence-electron chi connectivity index (χ4n) is 2.89. The Bertz CT molecular complexity index is 1100. The Kier molecular flexibility index (Phi) is 3.89. The van der Waals surface area contributed by atoms with Crippen molar-refractivity contribution in [1.82, 2.24) is 4.98 Å². The average molecular weight is 349 g/mol. The van der Waals surface area contributed by atoms with Crippen LogP contribution in [0.3, 0.4) is 0 Å². The highest BCUT2D eigenvalue weighted by atomic mass is 16.6. The minimum atomic E-state index is -0.418. The van der Waals surface area contributed by atoms with E-state index in [1.54, 1.807) is 19.4 Å². The number of anilines is 1. The van der Waals surface area contributed by atoms with Crippen LogP contribution in [0, 0.1) is 10.1 Å². The van der Waals surface area contributed by atoms with Gasteiger partial charge in [-0.15, -0.1) is 0 Å². The molecule has 7 heteroatoms. The number of hydrogen-bond donors (Lipinski definition) is 1. The molecule has 2 aromatic heterocycles. The van der Waals surface area contributed by atoms with E-state index >= 15 is 0 Å². The van der Waals surface area contributed by atoms with Gasteiger partial charge in [0.1, 0.15) is 11.3 Å². The molecular formula is C19H15N3O4. The number of hydrogen-bond acceptors (Lipinski definition) is 6. The molecular weight excluding hydrogens is 334 g/mol. The highest BCUT2D eigenvalue weighted by Gasteiger charge is 2.15. The second-order valence-electron chi connectivity index (χ2n) is 5.78. The molecule has 0 aliphatic carbocycles. The first-order valence-corrected chi connectivity index (χ1v) is 7.98. The number of nitrogens with zero attached hydrogens (tertiary/aromatic N) is 2. The van der Waals surface area contributed by atoms with Gasteiger partial charge < -0.3 is 14.5 Å². The minimum absolute atomic E-state index is 0.0187. The summed E-state index contributed by atoms with van der Waals surface area (Å²) in [6, 6.07) is 14.1. The number of nitro benzene ring substituents is 1. The zero-order valence-electron chi connectivity index (χ0n) is 13.9.